The third-order valence-corrected chi connectivity index (χ3v) is 7.34. The Kier molecular flexibility index (Phi) is 12.0. The van der Waals surface area contributed by atoms with Gasteiger partial charge < -0.3 is 40.9 Å². The predicted molar refractivity (Wildman–Crippen MR) is 154 cm³/mol. The molecule has 2 fully saturated rings. The van der Waals surface area contributed by atoms with Gasteiger partial charge in [0.2, 0.25) is 35.4 Å². The second-order valence-electron chi connectivity index (χ2n) is 11.4. The van der Waals surface area contributed by atoms with Gasteiger partial charge in [0, 0.05) is 33.2 Å². The van der Waals surface area contributed by atoms with Crippen LogP contribution < -0.4 is 21.3 Å². The summed E-state index contributed by atoms with van der Waals surface area (Å²) in [4.78, 5) is 81.8. The molecule has 43 heavy (non-hydrogen) atoms. The number of ether oxygens (including phenoxy) is 1. The third kappa shape index (κ3) is 9.22. The van der Waals surface area contributed by atoms with E-state index in [-0.39, 0.29) is 38.3 Å². The van der Waals surface area contributed by atoms with Gasteiger partial charge in [0.15, 0.2) is 0 Å². The van der Waals surface area contributed by atoms with Crippen LogP contribution in [-0.2, 0) is 39.9 Å². The summed E-state index contributed by atoms with van der Waals surface area (Å²) in [6, 6.07) is 3.77. The molecule has 0 spiro atoms. The SMILES string of the molecule is COCC(=O)N[C@H]1C[C@H]2C(=O)N[C@@H](CO)C(=O)N(C)CC(=O)N[C@@H](CC(C)C)C(=O)N[C@@H](Cc3ccccc3)C(=O)N2C1. The molecule has 14 heteroatoms. The number of hydrogen-bond acceptors (Lipinski definition) is 8. The standard InChI is InChI=1S/C29H42N6O8/c1-17(2)10-20-26(39)32-21(11-18-8-6-5-7-9-18)29(42)35-13-19(30-25(38)16-43-4)12-23(35)27(40)33-22(15-36)28(41)34(3)14-24(37)31-20/h5-9,17,19-23,36H,10-16H2,1-4H3,(H,30,38)(H,31,37)(H,32,39)(H,33,40)/t19-,20-,21-,22-,23-/m0/s1. The van der Waals surface area contributed by atoms with E-state index in [2.05, 4.69) is 21.3 Å². The van der Waals surface area contributed by atoms with Gasteiger partial charge >= 0.3 is 0 Å². The molecular weight excluding hydrogens is 560 g/mol. The number of hydrogen-bond donors (Lipinski definition) is 5. The number of fused-ring (bicyclic) bond motifs is 1. The van der Waals surface area contributed by atoms with E-state index in [1.165, 1.54) is 19.1 Å². The van der Waals surface area contributed by atoms with Gasteiger partial charge in [0.25, 0.3) is 0 Å². The summed E-state index contributed by atoms with van der Waals surface area (Å²) in [5.74, 6) is -3.66. The van der Waals surface area contributed by atoms with E-state index >= 15 is 0 Å². The van der Waals surface area contributed by atoms with Crippen LogP contribution in [0.1, 0.15) is 32.3 Å². The van der Waals surface area contributed by atoms with Crippen molar-refractivity contribution in [2.75, 3.05) is 40.5 Å². The van der Waals surface area contributed by atoms with E-state index < -0.39 is 78.8 Å². The lowest BCUT2D eigenvalue weighted by atomic mass is 10.0. The first-order valence-electron chi connectivity index (χ1n) is 14.3. The molecule has 0 aliphatic carbocycles. The van der Waals surface area contributed by atoms with E-state index in [4.69, 9.17) is 4.74 Å². The van der Waals surface area contributed by atoms with E-state index in [9.17, 15) is 33.9 Å². The first-order valence-corrected chi connectivity index (χ1v) is 14.3. The fourth-order valence-corrected chi connectivity index (χ4v) is 5.31. The number of carbonyl (C=O) groups excluding carboxylic acids is 6. The van der Waals surface area contributed by atoms with Crippen molar-refractivity contribution < 1.29 is 38.6 Å². The lowest BCUT2D eigenvalue weighted by Crippen LogP contribution is -2.58. The summed E-state index contributed by atoms with van der Waals surface area (Å²) >= 11 is 0. The predicted octanol–water partition coefficient (Wildman–Crippen LogP) is -2.07. The highest BCUT2D eigenvalue weighted by atomic mass is 16.5. The van der Waals surface area contributed by atoms with Crippen LogP contribution in [0.4, 0.5) is 0 Å². The number of nitrogens with one attached hydrogen (secondary N) is 4. The smallest absolute Gasteiger partial charge is 0.247 e. The van der Waals surface area contributed by atoms with Crippen LogP contribution in [0, 0.1) is 5.92 Å². The van der Waals surface area contributed by atoms with Gasteiger partial charge in [-0.2, -0.15) is 0 Å². The Morgan fingerprint density at radius 1 is 1.00 bits per heavy atom. The molecule has 14 nitrogen and oxygen atoms in total. The molecule has 0 radical (unpaired) electrons. The molecule has 2 aliphatic heterocycles. The molecule has 6 amide bonds. The summed E-state index contributed by atoms with van der Waals surface area (Å²) in [6.07, 6.45) is 0.387. The van der Waals surface area contributed by atoms with Gasteiger partial charge in [0.05, 0.1) is 13.2 Å². The molecule has 1 aromatic carbocycles. The van der Waals surface area contributed by atoms with Crippen molar-refractivity contribution in [3.8, 4) is 0 Å². The van der Waals surface area contributed by atoms with Crippen molar-refractivity contribution in [2.45, 2.75) is 63.3 Å². The maximum absolute atomic E-state index is 14.2. The van der Waals surface area contributed by atoms with Crippen molar-refractivity contribution in [3.05, 3.63) is 35.9 Å². The van der Waals surface area contributed by atoms with E-state index in [1.807, 2.05) is 19.9 Å². The van der Waals surface area contributed by atoms with Gasteiger partial charge in [-0.15, -0.1) is 0 Å². The zero-order valence-corrected chi connectivity index (χ0v) is 25.0. The normalized spacial score (nSPS) is 25.8. The van der Waals surface area contributed by atoms with Crippen molar-refractivity contribution in [2.24, 2.45) is 5.92 Å². The molecule has 0 unspecified atom stereocenters. The zero-order valence-electron chi connectivity index (χ0n) is 25.0. The Morgan fingerprint density at radius 3 is 2.30 bits per heavy atom. The minimum atomic E-state index is -1.39. The number of amides is 6. The maximum Gasteiger partial charge on any atom is 0.247 e. The van der Waals surface area contributed by atoms with Crippen LogP contribution in [-0.4, -0.2) is 121 Å². The largest absolute Gasteiger partial charge is 0.394 e. The van der Waals surface area contributed by atoms with E-state index in [1.54, 1.807) is 24.3 Å². The topological polar surface area (TPSA) is 186 Å². The number of aliphatic hydroxyl groups is 1. The molecule has 2 heterocycles. The Hall–Kier alpha value is -4.04. The first kappa shape index (κ1) is 33.5. The molecule has 0 bridgehead atoms. The highest BCUT2D eigenvalue weighted by molar-refractivity contribution is 5.97. The zero-order chi connectivity index (χ0) is 31.7. The molecule has 5 N–H and O–H groups in total. The van der Waals surface area contributed by atoms with Crippen LogP contribution in [0.5, 0.6) is 0 Å². The summed E-state index contributed by atoms with van der Waals surface area (Å²) in [6.45, 7) is 2.32. The molecule has 3 rings (SSSR count). The number of nitrogens with zero attached hydrogens (tertiary/aromatic N) is 2. The number of aliphatic hydroxyl groups excluding tert-OH is 1. The van der Waals surface area contributed by atoms with Crippen LogP contribution in [0.15, 0.2) is 30.3 Å². The average molecular weight is 603 g/mol. The Bertz CT molecular complexity index is 1180. The number of carbonyl (C=O) groups is 6. The summed E-state index contributed by atoms with van der Waals surface area (Å²) < 4.78 is 4.88. The summed E-state index contributed by atoms with van der Waals surface area (Å²) in [5, 5.41) is 20.7. The van der Waals surface area contributed by atoms with Crippen LogP contribution >= 0.6 is 0 Å². The second kappa shape index (κ2) is 15.4. The van der Waals surface area contributed by atoms with Crippen LogP contribution in [0.25, 0.3) is 0 Å². The molecule has 2 saturated heterocycles. The van der Waals surface area contributed by atoms with Gasteiger partial charge in [-0.1, -0.05) is 44.2 Å². The highest BCUT2D eigenvalue weighted by Crippen LogP contribution is 2.21. The van der Waals surface area contributed by atoms with Crippen LogP contribution in [0.3, 0.4) is 0 Å². The minimum Gasteiger partial charge on any atom is -0.394 e. The van der Waals surface area contributed by atoms with E-state index in [0.29, 0.717) is 0 Å². The van der Waals surface area contributed by atoms with Gasteiger partial charge in [-0.3, -0.25) is 28.8 Å². The van der Waals surface area contributed by atoms with Crippen molar-refractivity contribution >= 4 is 35.4 Å². The second-order valence-corrected chi connectivity index (χ2v) is 11.4. The Labute approximate surface area is 250 Å². The molecule has 0 aromatic heterocycles. The average Bonchev–Trinajstić information content (AvgIpc) is 3.37. The Morgan fingerprint density at radius 2 is 1.67 bits per heavy atom. The Balaban J connectivity index is 2.04. The third-order valence-electron chi connectivity index (χ3n) is 7.34. The first-order chi connectivity index (χ1) is 20.4. The van der Waals surface area contributed by atoms with Gasteiger partial charge in [-0.25, -0.2) is 0 Å². The summed E-state index contributed by atoms with van der Waals surface area (Å²) in [7, 11) is 2.71. The molecule has 5 atom stereocenters. The lowest BCUT2D eigenvalue weighted by molar-refractivity contribution is -0.143. The highest BCUT2D eigenvalue weighted by Gasteiger charge is 2.44. The number of benzene rings is 1. The van der Waals surface area contributed by atoms with E-state index in [0.717, 1.165) is 10.5 Å². The lowest BCUT2D eigenvalue weighted by Gasteiger charge is -2.30. The molecular formula is C29H42N6O8. The molecule has 236 valence electrons. The van der Waals surface area contributed by atoms with Crippen molar-refractivity contribution in [1.29, 1.82) is 0 Å². The molecule has 2 aliphatic rings. The van der Waals surface area contributed by atoms with Gasteiger partial charge in [0.1, 0.15) is 30.8 Å². The number of likely N-dealkylation sites (N-methyl/N-ethyl adjacent to an activating group) is 1. The van der Waals surface area contributed by atoms with Crippen molar-refractivity contribution in [1.82, 2.24) is 31.1 Å². The minimum absolute atomic E-state index is 0.000734. The molecule has 1 aromatic rings. The summed E-state index contributed by atoms with van der Waals surface area (Å²) in [5.41, 5.74) is 0.751. The molecule has 0 saturated carbocycles. The number of rotatable bonds is 8. The van der Waals surface area contributed by atoms with Crippen molar-refractivity contribution in [3.63, 3.8) is 0 Å². The van der Waals surface area contributed by atoms with Gasteiger partial charge in [-0.05, 0) is 24.3 Å². The quantitative estimate of drug-likeness (QED) is 0.224. The monoisotopic (exact) mass is 602 g/mol. The maximum atomic E-state index is 14.2. The fourth-order valence-electron chi connectivity index (χ4n) is 5.31. The number of methoxy groups -OCH3 is 1. The van der Waals surface area contributed by atoms with Crippen LogP contribution in [0.2, 0.25) is 0 Å². The fraction of sp³-hybridized carbons (Fsp3) is 0.586.